The molecule has 1 fully saturated rings. The molecule has 0 aliphatic heterocycles. The van der Waals surface area contributed by atoms with Gasteiger partial charge >= 0.3 is 0 Å². The lowest BCUT2D eigenvalue weighted by molar-refractivity contribution is -0.660. The summed E-state index contributed by atoms with van der Waals surface area (Å²) in [6, 6.07) is 19.0. The maximum Gasteiger partial charge on any atom is 0.216 e. The van der Waals surface area contributed by atoms with Gasteiger partial charge in [0.2, 0.25) is 5.69 Å². The highest BCUT2D eigenvalue weighted by molar-refractivity contribution is 6.13. The van der Waals surface area contributed by atoms with E-state index >= 15 is 4.39 Å². The Kier molecular flexibility index (Phi) is 4.68. The van der Waals surface area contributed by atoms with Crippen LogP contribution in [0.5, 0.6) is 0 Å². The number of nitrogens with zero attached hydrogens (tertiary/aromatic N) is 1. The maximum absolute atomic E-state index is 16.0. The lowest BCUT2D eigenvalue weighted by Crippen LogP contribution is -2.30. The first-order valence-corrected chi connectivity index (χ1v) is 13.4. The van der Waals surface area contributed by atoms with E-state index in [0.717, 1.165) is 53.3 Å². The maximum atomic E-state index is 16.0. The molecule has 0 N–H and O–H groups in total. The van der Waals surface area contributed by atoms with Crippen molar-refractivity contribution >= 4 is 21.9 Å². The van der Waals surface area contributed by atoms with Crippen LogP contribution in [0.15, 0.2) is 71.3 Å². The second-order valence-electron chi connectivity index (χ2n) is 10.6. The van der Waals surface area contributed by atoms with Gasteiger partial charge in [-0.15, -0.1) is 0 Å². The second-order valence-corrected chi connectivity index (χ2v) is 10.6. The lowest BCUT2D eigenvalue weighted by atomic mass is 9.73. The fraction of sp³-hybridized carbons (Fsp3) is 0.324. The van der Waals surface area contributed by atoms with Crippen LogP contribution in [-0.4, -0.2) is 0 Å². The fourth-order valence-corrected chi connectivity index (χ4v) is 6.70. The number of fused-ring (bicyclic) bond motifs is 4. The molecule has 2 aliphatic rings. The standard InChI is InChI=1S/C34H33FNO/c1-21-16-17-27-28-18-19-29(35)32(34(28)37-33(27)31(21)30-15-5-6-20-36(30)2)26-14-8-12-24-23(11-7-13-25(24)26)22-9-3-4-10-22/h5-6,8,12,14-20,22-23H,3-4,7,9-11,13H2,1-2H3/q+1/i13D2,23D. The summed E-state index contributed by atoms with van der Waals surface area (Å²) in [6.45, 7) is 2.05. The smallest absolute Gasteiger partial charge is 0.216 e. The molecule has 1 atom stereocenters. The molecule has 3 heteroatoms. The van der Waals surface area contributed by atoms with E-state index in [1.807, 2.05) is 49.6 Å². The predicted molar refractivity (Wildman–Crippen MR) is 148 cm³/mol. The second kappa shape index (κ2) is 8.83. The summed E-state index contributed by atoms with van der Waals surface area (Å²) in [6.07, 6.45) is 5.26. The molecule has 0 saturated heterocycles. The number of hydrogen-bond acceptors (Lipinski definition) is 1. The molecule has 0 spiro atoms. The molecule has 5 aromatic rings. The number of furan rings is 1. The van der Waals surface area contributed by atoms with Crippen LogP contribution in [0.2, 0.25) is 0 Å². The zero-order valence-electron chi connectivity index (χ0n) is 24.4. The molecule has 186 valence electrons. The Labute approximate surface area is 222 Å². The first-order chi connectivity index (χ1) is 19.2. The van der Waals surface area contributed by atoms with Gasteiger partial charge in [0, 0.05) is 27.0 Å². The van der Waals surface area contributed by atoms with Gasteiger partial charge in [0.05, 0.1) is 11.1 Å². The van der Waals surface area contributed by atoms with Crippen LogP contribution in [0.3, 0.4) is 0 Å². The van der Waals surface area contributed by atoms with Crippen LogP contribution >= 0.6 is 0 Å². The number of rotatable bonds is 3. The molecule has 37 heavy (non-hydrogen) atoms. The summed E-state index contributed by atoms with van der Waals surface area (Å²) in [5, 5.41) is 1.70. The molecule has 7 rings (SSSR count). The minimum Gasteiger partial charge on any atom is -0.454 e. The van der Waals surface area contributed by atoms with Crippen molar-refractivity contribution in [2.75, 3.05) is 0 Å². The van der Waals surface area contributed by atoms with Crippen LogP contribution in [0.4, 0.5) is 4.39 Å². The highest BCUT2D eigenvalue weighted by atomic mass is 19.1. The molecule has 2 nitrogen and oxygen atoms in total. The molecular formula is C34H33FNO+. The van der Waals surface area contributed by atoms with Crippen molar-refractivity contribution in [2.24, 2.45) is 13.0 Å². The number of hydrogen-bond donors (Lipinski definition) is 0. The molecular weight excluding hydrogens is 457 g/mol. The Morgan fingerprint density at radius 3 is 2.49 bits per heavy atom. The molecule has 2 aliphatic carbocycles. The molecule has 0 amide bonds. The van der Waals surface area contributed by atoms with Gasteiger partial charge in [0.15, 0.2) is 6.20 Å². The average Bonchev–Trinajstić information content (AvgIpc) is 3.60. The van der Waals surface area contributed by atoms with Gasteiger partial charge in [0.25, 0.3) is 0 Å². The molecule has 1 unspecified atom stereocenters. The Morgan fingerprint density at radius 1 is 0.892 bits per heavy atom. The zero-order chi connectivity index (χ0) is 27.8. The third kappa shape index (κ3) is 3.54. The van der Waals surface area contributed by atoms with E-state index < -0.39 is 18.1 Å². The SMILES string of the molecule is [2H]C1([2H])CCC([2H])(C2CCCC2)c2cccc(-c3c(F)ccc4c3oc3c(-c5cccc[n+]5C)c(C)ccc34)c21. The minimum atomic E-state index is -1.67. The molecule has 2 aromatic heterocycles. The Bertz CT molecular complexity index is 1800. The fourth-order valence-electron chi connectivity index (χ4n) is 6.70. The molecule has 3 aromatic carbocycles. The van der Waals surface area contributed by atoms with E-state index in [0.29, 0.717) is 34.3 Å². The monoisotopic (exact) mass is 493 g/mol. The van der Waals surface area contributed by atoms with Crippen LogP contribution in [0.1, 0.15) is 65.2 Å². The van der Waals surface area contributed by atoms with Gasteiger partial charge in [0.1, 0.15) is 24.0 Å². The van der Waals surface area contributed by atoms with Crippen molar-refractivity contribution in [3.8, 4) is 22.4 Å². The van der Waals surface area contributed by atoms with Gasteiger partial charge in [-0.2, -0.15) is 0 Å². The van der Waals surface area contributed by atoms with E-state index in [9.17, 15) is 1.37 Å². The number of halogens is 1. The quantitative estimate of drug-likeness (QED) is 0.230. The molecule has 0 bridgehead atoms. The van der Waals surface area contributed by atoms with Crippen molar-refractivity contribution in [3.63, 3.8) is 0 Å². The topological polar surface area (TPSA) is 17.0 Å². The molecule has 1 saturated carbocycles. The summed E-state index contributed by atoms with van der Waals surface area (Å²) in [5.74, 6) is -1.11. The highest BCUT2D eigenvalue weighted by Gasteiger charge is 2.32. The van der Waals surface area contributed by atoms with E-state index in [1.54, 1.807) is 6.07 Å². The third-order valence-corrected chi connectivity index (χ3v) is 8.50. The lowest BCUT2D eigenvalue weighted by Gasteiger charge is -2.31. The van der Waals surface area contributed by atoms with Crippen LogP contribution in [-0.2, 0) is 13.4 Å². The van der Waals surface area contributed by atoms with Gasteiger partial charge in [-0.1, -0.05) is 43.2 Å². The summed E-state index contributed by atoms with van der Waals surface area (Å²) in [4.78, 5) is 0. The van der Waals surface area contributed by atoms with E-state index in [-0.39, 0.29) is 17.9 Å². The van der Waals surface area contributed by atoms with E-state index in [1.165, 1.54) is 6.07 Å². The van der Waals surface area contributed by atoms with Crippen molar-refractivity contribution in [1.82, 2.24) is 0 Å². The van der Waals surface area contributed by atoms with E-state index in [4.69, 9.17) is 7.16 Å². The van der Waals surface area contributed by atoms with Crippen LogP contribution < -0.4 is 4.57 Å². The largest absolute Gasteiger partial charge is 0.454 e. The first kappa shape index (κ1) is 19.6. The summed E-state index contributed by atoms with van der Waals surface area (Å²) < 4.78 is 52.4. The van der Waals surface area contributed by atoms with Crippen molar-refractivity contribution < 1.29 is 17.5 Å². The number of benzene rings is 3. The summed E-state index contributed by atoms with van der Waals surface area (Å²) in [7, 11) is 2.00. The average molecular weight is 494 g/mol. The van der Waals surface area contributed by atoms with Gasteiger partial charge in [-0.25, -0.2) is 8.96 Å². The van der Waals surface area contributed by atoms with Crippen LogP contribution in [0.25, 0.3) is 44.3 Å². The Balaban J connectivity index is 1.53. The Morgan fingerprint density at radius 2 is 1.68 bits per heavy atom. The summed E-state index contributed by atoms with van der Waals surface area (Å²) >= 11 is 0. The van der Waals surface area contributed by atoms with Gasteiger partial charge < -0.3 is 4.42 Å². The van der Waals surface area contributed by atoms with Gasteiger partial charge in [-0.3, -0.25) is 0 Å². The van der Waals surface area contributed by atoms with Crippen molar-refractivity contribution in [2.45, 2.75) is 57.7 Å². The third-order valence-electron chi connectivity index (χ3n) is 8.50. The van der Waals surface area contributed by atoms with Gasteiger partial charge in [-0.05, 0) is 91.2 Å². The number of aromatic nitrogens is 1. The van der Waals surface area contributed by atoms with Crippen molar-refractivity contribution in [3.05, 3.63) is 89.4 Å². The Hall–Kier alpha value is -3.46. The zero-order valence-corrected chi connectivity index (χ0v) is 21.4. The van der Waals surface area contributed by atoms with Crippen LogP contribution in [0, 0.1) is 18.7 Å². The summed E-state index contributed by atoms with van der Waals surface area (Å²) in [5.41, 5.74) is 6.09. The molecule has 0 radical (unpaired) electrons. The molecule has 2 heterocycles. The first-order valence-electron chi connectivity index (χ1n) is 14.9. The normalized spacial score (nSPS) is 22.6. The minimum absolute atomic E-state index is 0.196. The predicted octanol–water partition coefficient (Wildman–Crippen LogP) is 8.80. The highest BCUT2D eigenvalue weighted by Crippen LogP contribution is 2.48. The van der Waals surface area contributed by atoms with Crippen molar-refractivity contribution in [1.29, 1.82) is 0 Å². The van der Waals surface area contributed by atoms with E-state index in [2.05, 4.69) is 23.6 Å². The number of pyridine rings is 1. The number of aryl methyl sites for hydroxylation is 2.